The summed E-state index contributed by atoms with van der Waals surface area (Å²) in [5, 5.41) is 0. The minimum atomic E-state index is -0.545. The molecule has 0 amide bonds. The van der Waals surface area contributed by atoms with E-state index in [-0.39, 0.29) is 63.5 Å². The van der Waals surface area contributed by atoms with Crippen LogP contribution >= 0.6 is 0 Å². The summed E-state index contributed by atoms with van der Waals surface area (Å²) in [4.78, 5) is 7.97. The highest BCUT2D eigenvalue weighted by Gasteiger charge is 2.63. The summed E-state index contributed by atoms with van der Waals surface area (Å²) >= 11 is 0. The first-order valence-corrected chi connectivity index (χ1v) is 29.4. The third-order valence-corrected chi connectivity index (χ3v) is 21.7. The molecule has 4 aliphatic heterocycles. The van der Waals surface area contributed by atoms with Crippen LogP contribution in [0.5, 0.6) is 0 Å². The minimum absolute atomic E-state index is 0.0218. The number of rotatable bonds is 3. The molecule has 0 spiro atoms. The van der Waals surface area contributed by atoms with Crippen molar-refractivity contribution in [3.8, 4) is 22.3 Å². The Morgan fingerprint density at radius 2 is 1.04 bits per heavy atom. The topological polar surface area (TPSA) is 9.72 Å². The molecule has 77 heavy (non-hydrogen) atoms. The SMILES string of the molecule is [2H]c1c([2H])c([2H])c2c(c1[2H])N(c1cc3c4c(c1)N1c5c(cc(C(C)(C)C)cc5C5(C)CCCCC15C)B4c1cc4c(cc1N3c1ccc(C(C)(C)C)cc1-c1ccccc1)C(C)(C)c1ccc(C(C)(C)C)cc1-4)C1(C)CCCCC21C. The molecule has 0 bridgehead atoms. The lowest BCUT2D eigenvalue weighted by Crippen LogP contribution is -2.64. The molecule has 14 rings (SSSR count). The highest BCUT2D eigenvalue weighted by molar-refractivity contribution is 7.00. The molecule has 0 radical (unpaired) electrons. The fraction of sp³-hybridized carbons (Fsp3) is 0.425. The van der Waals surface area contributed by atoms with E-state index in [9.17, 15) is 5.48 Å². The molecule has 3 aliphatic carbocycles. The minimum Gasteiger partial charge on any atom is -0.335 e. The molecule has 2 fully saturated rings. The van der Waals surface area contributed by atoms with Crippen molar-refractivity contribution >= 4 is 62.9 Å². The van der Waals surface area contributed by atoms with Crippen molar-refractivity contribution in [2.75, 3.05) is 14.7 Å². The van der Waals surface area contributed by atoms with E-state index in [4.69, 9.17) is 0 Å². The van der Waals surface area contributed by atoms with Crippen molar-refractivity contribution in [2.45, 2.75) is 199 Å². The third-order valence-electron chi connectivity index (χ3n) is 21.7. The van der Waals surface area contributed by atoms with Gasteiger partial charge in [0, 0.05) is 55.9 Å². The Labute approximate surface area is 468 Å². The molecule has 3 nitrogen and oxygen atoms in total. The maximum atomic E-state index is 10.00. The van der Waals surface area contributed by atoms with Crippen molar-refractivity contribution in [3.63, 3.8) is 0 Å². The highest BCUT2D eigenvalue weighted by atomic mass is 15.3. The lowest BCUT2D eigenvalue weighted by atomic mass is 9.33. The lowest BCUT2D eigenvalue weighted by Gasteiger charge is -2.54. The molecule has 0 N–H and O–H groups in total. The molecular formula is C73H82BN3. The molecule has 7 aromatic carbocycles. The Morgan fingerprint density at radius 1 is 0.455 bits per heavy atom. The summed E-state index contributed by atoms with van der Waals surface area (Å²) in [5.74, 6) is 0. The zero-order valence-corrected chi connectivity index (χ0v) is 48.9. The first-order valence-electron chi connectivity index (χ1n) is 31.4. The number of para-hydroxylation sites is 1. The van der Waals surface area contributed by atoms with Crippen LogP contribution in [0, 0.1) is 0 Å². The van der Waals surface area contributed by atoms with E-state index in [1.54, 1.807) is 0 Å². The van der Waals surface area contributed by atoms with Gasteiger partial charge in [-0.2, -0.15) is 0 Å². The number of nitrogens with zero attached hydrogens (tertiary/aromatic N) is 3. The summed E-state index contributed by atoms with van der Waals surface area (Å²) < 4.78 is 38.3. The molecule has 7 aliphatic rings. The highest BCUT2D eigenvalue weighted by Crippen LogP contribution is 2.65. The smallest absolute Gasteiger partial charge is 0.252 e. The van der Waals surface area contributed by atoms with E-state index in [1.165, 1.54) is 95.5 Å². The molecular weight excluding hydrogens is 930 g/mol. The van der Waals surface area contributed by atoms with Gasteiger partial charge in [-0.25, -0.2) is 0 Å². The average molecular weight is 1020 g/mol. The van der Waals surface area contributed by atoms with E-state index in [2.05, 4.69) is 222 Å². The second-order valence-electron chi connectivity index (χ2n) is 29.3. The summed E-state index contributed by atoms with van der Waals surface area (Å²) in [5.41, 5.74) is 23.8. The second-order valence-corrected chi connectivity index (χ2v) is 29.3. The van der Waals surface area contributed by atoms with Crippen molar-refractivity contribution in [3.05, 3.63) is 166 Å². The number of benzene rings is 7. The standard InChI is InChI=1S/C73H82BN3/c1-66(2,3)46-29-31-53-51(38-46)52-43-57-61(44-55(52)69(53,10)11)75(59-32-30-47(67(4,5)6)37-50(59)45-25-17-16-18-26-45)62-41-49(76-60-28-20-19-27-54(60)70(12)33-21-23-35-72(70,76)14)42-63-64(62)74(57)58-40-48(68(7,8)9)39-56-65(58)77(63)73(15)36-24-22-34-71(56,73)13/h16-20,25-32,37-44H,21-24,33-36H2,1-15H3/i19D,20D,27D,28D. The molecule has 392 valence electrons. The van der Waals surface area contributed by atoms with Crippen LogP contribution in [0.2, 0.25) is 0 Å². The Morgan fingerprint density at radius 3 is 1.71 bits per heavy atom. The number of fused-ring (bicyclic) bond motifs is 13. The first-order chi connectivity index (χ1) is 38.0. The summed E-state index contributed by atoms with van der Waals surface area (Å²) in [6.45, 7) is 35.8. The molecule has 4 heterocycles. The molecule has 7 aromatic rings. The van der Waals surface area contributed by atoms with Gasteiger partial charge in [-0.1, -0.05) is 207 Å². The van der Waals surface area contributed by atoms with E-state index in [0.717, 1.165) is 67.6 Å². The van der Waals surface area contributed by atoms with Gasteiger partial charge in [0.15, 0.2) is 0 Å². The van der Waals surface area contributed by atoms with Crippen molar-refractivity contribution in [1.82, 2.24) is 0 Å². The van der Waals surface area contributed by atoms with Crippen LogP contribution < -0.4 is 31.1 Å². The Kier molecular flexibility index (Phi) is 9.12. The first kappa shape index (κ1) is 44.9. The summed E-state index contributed by atoms with van der Waals surface area (Å²) in [7, 11) is 0. The largest absolute Gasteiger partial charge is 0.335 e. The van der Waals surface area contributed by atoms with Gasteiger partial charge in [0.2, 0.25) is 0 Å². The maximum absolute atomic E-state index is 10.00. The molecule has 4 atom stereocenters. The monoisotopic (exact) mass is 1020 g/mol. The number of hydrogen-bond donors (Lipinski definition) is 0. The van der Waals surface area contributed by atoms with E-state index >= 15 is 0 Å². The van der Waals surface area contributed by atoms with Crippen LogP contribution in [0.1, 0.15) is 200 Å². The van der Waals surface area contributed by atoms with Gasteiger partial charge in [-0.05, 0) is 164 Å². The second kappa shape index (κ2) is 15.6. The Hall–Kier alpha value is -6.00. The van der Waals surface area contributed by atoms with Gasteiger partial charge in [-0.15, -0.1) is 0 Å². The molecule has 0 aromatic heterocycles. The zero-order chi connectivity index (χ0) is 57.4. The molecule has 0 saturated heterocycles. The van der Waals surface area contributed by atoms with Gasteiger partial charge in [0.1, 0.15) is 0 Å². The van der Waals surface area contributed by atoms with E-state index in [0.29, 0.717) is 5.69 Å². The van der Waals surface area contributed by atoms with Gasteiger partial charge >= 0.3 is 0 Å². The number of anilines is 7. The number of hydrogen-bond acceptors (Lipinski definition) is 3. The molecule has 4 unspecified atom stereocenters. The lowest BCUT2D eigenvalue weighted by molar-refractivity contribution is 0.194. The Bertz CT molecular complexity index is 3910. The molecule has 2 saturated carbocycles. The normalized spacial score (nSPS) is 25.9. The van der Waals surface area contributed by atoms with Gasteiger partial charge < -0.3 is 14.7 Å². The van der Waals surface area contributed by atoms with Crippen LogP contribution in [-0.4, -0.2) is 17.8 Å². The van der Waals surface area contributed by atoms with E-state index in [1.807, 2.05) is 0 Å². The predicted molar refractivity (Wildman–Crippen MR) is 330 cm³/mol. The fourth-order valence-corrected chi connectivity index (χ4v) is 16.7. The van der Waals surface area contributed by atoms with E-state index < -0.39 is 11.0 Å². The van der Waals surface area contributed by atoms with Crippen LogP contribution in [-0.2, 0) is 32.5 Å². The van der Waals surface area contributed by atoms with Crippen molar-refractivity contribution in [2.24, 2.45) is 0 Å². The maximum Gasteiger partial charge on any atom is 0.252 e. The van der Waals surface area contributed by atoms with Crippen LogP contribution in [0.3, 0.4) is 0 Å². The fourth-order valence-electron chi connectivity index (χ4n) is 16.7. The Balaban J connectivity index is 1.18. The molecule has 4 heteroatoms. The van der Waals surface area contributed by atoms with Gasteiger partial charge in [0.25, 0.3) is 6.71 Å². The average Bonchev–Trinajstić information content (AvgIpc) is 1.74. The predicted octanol–water partition coefficient (Wildman–Crippen LogP) is 17.6. The van der Waals surface area contributed by atoms with Crippen LogP contribution in [0.25, 0.3) is 22.3 Å². The van der Waals surface area contributed by atoms with Crippen molar-refractivity contribution < 1.29 is 5.48 Å². The van der Waals surface area contributed by atoms with Crippen molar-refractivity contribution in [1.29, 1.82) is 0 Å². The third kappa shape index (κ3) is 6.39. The van der Waals surface area contributed by atoms with Crippen LogP contribution in [0.4, 0.5) is 39.8 Å². The van der Waals surface area contributed by atoms with Gasteiger partial charge in [-0.3, -0.25) is 0 Å². The summed E-state index contributed by atoms with van der Waals surface area (Å²) in [6, 6.07) is 40.9. The van der Waals surface area contributed by atoms with Gasteiger partial charge in [0.05, 0.1) is 22.2 Å². The summed E-state index contributed by atoms with van der Waals surface area (Å²) in [6.07, 6.45) is 8.27. The zero-order valence-electron chi connectivity index (χ0n) is 52.9. The van der Waals surface area contributed by atoms with Crippen LogP contribution in [0.15, 0.2) is 127 Å². The quantitative estimate of drug-likeness (QED) is 0.163.